The summed E-state index contributed by atoms with van der Waals surface area (Å²) in [7, 11) is 0. The lowest BCUT2D eigenvalue weighted by Gasteiger charge is -2.06. The highest BCUT2D eigenvalue weighted by Crippen LogP contribution is 2.17. The fourth-order valence-corrected chi connectivity index (χ4v) is 1.26. The lowest BCUT2D eigenvalue weighted by molar-refractivity contribution is -0.384. The van der Waals surface area contributed by atoms with E-state index in [4.69, 9.17) is 5.11 Å². The van der Waals surface area contributed by atoms with Gasteiger partial charge in [-0.05, 0) is 19.4 Å². The summed E-state index contributed by atoms with van der Waals surface area (Å²) in [5, 5.41) is 22.1. The number of nitro benzene ring substituents is 1. The van der Waals surface area contributed by atoms with Crippen LogP contribution in [0.4, 0.5) is 11.4 Å². The molecule has 0 bridgehead atoms. The van der Waals surface area contributed by atoms with Crippen LogP contribution in [0.5, 0.6) is 0 Å². The lowest BCUT2D eigenvalue weighted by atomic mass is 10.2. The maximum atomic E-state index is 11.4. The Morgan fingerprint density at radius 3 is 2.88 bits per heavy atom. The Hall–Kier alpha value is -1.95. The van der Waals surface area contributed by atoms with Crippen LogP contribution in [-0.4, -0.2) is 22.0 Å². The van der Waals surface area contributed by atoms with Gasteiger partial charge in [-0.2, -0.15) is 0 Å². The molecule has 1 amide bonds. The van der Waals surface area contributed by atoms with Crippen LogP contribution < -0.4 is 5.32 Å². The molecule has 0 aliphatic carbocycles. The van der Waals surface area contributed by atoms with Gasteiger partial charge in [0.25, 0.3) is 5.69 Å². The standard InChI is InChI=1S/C11H14N2O4/c1-8(14)5-6-11(15)12-9-3-2-4-10(7-9)13(16)17/h2-4,7-8,14H,5-6H2,1H3,(H,12,15). The second-order valence-corrected chi connectivity index (χ2v) is 3.74. The maximum Gasteiger partial charge on any atom is 0.271 e. The first kappa shape index (κ1) is 13.1. The number of rotatable bonds is 5. The molecule has 0 saturated carbocycles. The molecule has 0 aliphatic rings. The third kappa shape index (κ3) is 4.60. The van der Waals surface area contributed by atoms with Crippen molar-refractivity contribution in [3.8, 4) is 0 Å². The van der Waals surface area contributed by atoms with Crippen LogP contribution in [0.25, 0.3) is 0 Å². The number of benzene rings is 1. The third-order valence-electron chi connectivity index (χ3n) is 2.13. The highest BCUT2D eigenvalue weighted by molar-refractivity contribution is 5.90. The zero-order chi connectivity index (χ0) is 12.8. The number of hydrogen-bond donors (Lipinski definition) is 2. The summed E-state index contributed by atoms with van der Waals surface area (Å²) >= 11 is 0. The number of carbonyl (C=O) groups excluding carboxylic acids is 1. The number of aliphatic hydroxyl groups is 1. The highest BCUT2D eigenvalue weighted by Gasteiger charge is 2.08. The van der Waals surface area contributed by atoms with Gasteiger partial charge in [0.2, 0.25) is 5.91 Å². The molecule has 6 nitrogen and oxygen atoms in total. The molecule has 0 fully saturated rings. The zero-order valence-corrected chi connectivity index (χ0v) is 9.42. The molecule has 0 aromatic heterocycles. The fourth-order valence-electron chi connectivity index (χ4n) is 1.26. The number of hydrogen-bond acceptors (Lipinski definition) is 4. The molecule has 1 rings (SSSR count). The number of amides is 1. The van der Waals surface area contributed by atoms with Crippen molar-refractivity contribution in [2.75, 3.05) is 5.32 Å². The molecule has 1 atom stereocenters. The molecule has 6 heteroatoms. The minimum absolute atomic E-state index is 0.0710. The van der Waals surface area contributed by atoms with Gasteiger partial charge >= 0.3 is 0 Å². The topological polar surface area (TPSA) is 92.5 Å². The van der Waals surface area contributed by atoms with Gasteiger partial charge in [-0.15, -0.1) is 0 Å². The van der Waals surface area contributed by atoms with Crippen molar-refractivity contribution in [1.29, 1.82) is 0 Å². The summed E-state index contributed by atoms with van der Waals surface area (Å²) in [4.78, 5) is 21.4. The first-order valence-corrected chi connectivity index (χ1v) is 5.21. The Bertz CT molecular complexity index is 418. The van der Waals surface area contributed by atoms with E-state index in [2.05, 4.69) is 5.32 Å². The molecule has 1 aromatic rings. The molecule has 0 heterocycles. The Morgan fingerprint density at radius 1 is 1.59 bits per heavy atom. The first-order chi connectivity index (χ1) is 7.99. The SMILES string of the molecule is CC(O)CCC(=O)Nc1cccc([N+](=O)[O-])c1. The van der Waals surface area contributed by atoms with Gasteiger partial charge in [0.05, 0.1) is 11.0 Å². The predicted octanol–water partition coefficient (Wildman–Crippen LogP) is 1.69. The van der Waals surface area contributed by atoms with Crippen molar-refractivity contribution < 1.29 is 14.8 Å². The van der Waals surface area contributed by atoms with E-state index in [-0.39, 0.29) is 18.0 Å². The minimum atomic E-state index is -0.536. The molecule has 92 valence electrons. The van der Waals surface area contributed by atoms with E-state index in [9.17, 15) is 14.9 Å². The van der Waals surface area contributed by atoms with Crippen molar-refractivity contribution in [1.82, 2.24) is 0 Å². The second-order valence-electron chi connectivity index (χ2n) is 3.74. The van der Waals surface area contributed by atoms with E-state index < -0.39 is 11.0 Å². The Labute approximate surface area is 98.4 Å². The van der Waals surface area contributed by atoms with Gasteiger partial charge < -0.3 is 10.4 Å². The second kappa shape index (κ2) is 5.95. The van der Waals surface area contributed by atoms with Gasteiger partial charge in [-0.25, -0.2) is 0 Å². The number of nitrogens with zero attached hydrogens (tertiary/aromatic N) is 1. The number of nitro groups is 1. The van der Waals surface area contributed by atoms with Gasteiger partial charge in [-0.3, -0.25) is 14.9 Å². The summed E-state index contributed by atoms with van der Waals surface area (Å²) in [6, 6.07) is 5.72. The smallest absolute Gasteiger partial charge is 0.271 e. The highest BCUT2D eigenvalue weighted by atomic mass is 16.6. The quantitative estimate of drug-likeness (QED) is 0.603. The van der Waals surface area contributed by atoms with Crippen molar-refractivity contribution in [3.05, 3.63) is 34.4 Å². The van der Waals surface area contributed by atoms with E-state index in [0.29, 0.717) is 12.1 Å². The fraction of sp³-hybridized carbons (Fsp3) is 0.364. The van der Waals surface area contributed by atoms with Crippen LogP contribution in [0.15, 0.2) is 24.3 Å². The molecule has 0 saturated heterocycles. The molecule has 0 spiro atoms. The van der Waals surface area contributed by atoms with E-state index in [0.717, 1.165) is 0 Å². The van der Waals surface area contributed by atoms with Gasteiger partial charge in [-0.1, -0.05) is 6.07 Å². The molecule has 1 aromatic carbocycles. The summed E-state index contributed by atoms with van der Waals surface area (Å²) in [6.07, 6.45) is 0.00654. The van der Waals surface area contributed by atoms with E-state index in [1.54, 1.807) is 13.0 Å². The average molecular weight is 238 g/mol. The number of nitrogens with one attached hydrogen (secondary N) is 1. The van der Waals surface area contributed by atoms with Gasteiger partial charge in [0.15, 0.2) is 0 Å². The van der Waals surface area contributed by atoms with E-state index in [1.807, 2.05) is 0 Å². The van der Waals surface area contributed by atoms with Crippen LogP contribution in [0.3, 0.4) is 0 Å². The van der Waals surface area contributed by atoms with E-state index in [1.165, 1.54) is 18.2 Å². The predicted molar refractivity (Wildman–Crippen MR) is 62.6 cm³/mol. The van der Waals surface area contributed by atoms with Crippen LogP contribution in [0.1, 0.15) is 19.8 Å². The Morgan fingerprint density at radius 2 is 2.29 bits per heavy atom. The average Bonchev–Trinajstić information content (AvgIpc) is 2.26. The molecule has 1 unspecified atom stereocenters. The summed E-state index contributed by atoms with van der Waals surface area (Å²) in [5.41, 5.74) is 0.313. The van der Waals surface area contributed by atoms with Gasteiger partial charge in [0, 0.05) is 24.2 Å². The van der Waals surface area contributed by atoms with Gasteiger partial charge in [0.1, 0.15) is 0 Å². The summed E-state index contributed by atoms with van der Waals surface area (Å²) < 4.78 is 0. The first-order valence-electron chi connectivity index (χ1n) is 5.21. The molecule has 2 N–H and O–H groups in total. The summed E-state index contributed by atoms with van der Waals surface area (Å²) in [6.45, 7) is 1.60. The molecular formula is C11H14N2O4. The number of non-ortho nitro benzene ring substituents is 1. The van der Waals surface area contributed by atoms with Crippen molar-refractivity contribution in [2.24, 2.45) is 0 Å². The number of anilines is 1. The number of aliphatic hydroxyl groups excluding tert-OH is 1. The zero-order valence-electron chi connectivity index (χ0n) is 9.42. The van der Waals surface area contributed by atoms with E-state index >= 15 is 0 Å². The Kier molecular flexibility index (Phi) is 4.59. The molecule has 17 heavy (non-hydrogen) atoms. The summed E-state index contributed by atoms with van der Waals surface area (Å²) in [5.74, 6) is -0.272. The van der Waals surface area contributed by atoms with Crippen molar-refractivity contribution in [2.45, 2.75) is 25.9 Å². The van der Waals surface area contributed by atoms with Crippen LogP contribution in [0.2, 0.25) is 0 Å². The van der Waals surface area contributed by atoms with Crippen LogP contribution >= 0.6 is 0 Å². The van der Waals surface area contributed by atoms with Crippen molar-refractivity contribution in [3.63, 3.8) is 0 Å². The third-order valence-corrected chi connectivity index (χ3v) is 2.13. The van der Waals surface area contributed by atoms with Crippen LogP contribution in [0, 0.1) is 10.1 Å². The normalized spacial score (nSPS) is 11.9. The molecule has 0 aliphatic heterocycles. The molecule has 0 radical (unpaired) electrons. The lowest BCUT2D eigenvalue weighted by Crippen LogP contribution is -2.14. The Balaban J connectivity index is 2.59. The molecular weight excluding hydrogens is 224 g/mol. The van der Waals surface area contributed by atoms with Crippen LogP contribution in [-0.2, 0) is 4.79 Å². The number of carbonyl (C=O) groups is 1. The van der Waals surface area contributed by atoms with Crippen molar-refractivity contribution >= 4 is 17.3 Å². The maximum absolute atomic E-state index is 11.4. The minimum Gasteiger partial charge on any atom is -0.393 e. The largest absolute Gasteiger partial charge is 0.393 e. The monoisotopic (exact) mass is 238 g/mol.